The van der Waals surface area contributed by atoms with Crippen molar-refractivity contribution < 1.29 is 4.79 Å². The molecule has 8 nitrogen and oxygen atoms in total. The fourth-order valence-corrected chi connectivity index (χ4v) is 4.10. The maximum Gasteiger partial charge on any atom is 0.271 e. The van der Waals surface area contributed by atoms with E-state index in [1.54, 1.807) is 18.5 Å². The standard InChI is InChI=1S/C24H34N6O2/c1-5-30(20-8-6-13-29(17-20)23(31)9-7-12-28(3)4)21-14-19(16-27-24(21)32)18-10-11-26-22(15-18)25-2/h7,9-11,14-16,20H,5-6,8,12-13,17H2,1-4H3,(H,25,26)(H,27,32)/b9-7+/t20-/m1/s1. The molecule has 0 saturated carbocycles. The van der Waals surface area contributed by atoms with Crippen LogP contribution in [0.25, 0.3) is 11.1 Å². The van der Waals surface area contributed by atoms with Gasteiger partial charge in [0.2, 0.25) is 5.91 Å². The van der Waals surface area contributed by atoms with E-state index < -0.39 is 0 Å². The van der Waals surface area contributed by atoms with Crippen LogP contribution in [0.5, 0.6) is 0 Å². The molecule has 1 saturated heterocycles. The summed E-state index contributed by atoms with van der Waals surface area (Å²) >= 11 is 0. The van der Waals surface area contributed by atoms with Crippen molar-refractivity contribution in [2.24, 2.45) is 0 Å². The van der Waals surface area contributed by atoms with Gasteiger partial charge in [0.1, 0.15) is 11.5 Å². The predicted octanol–water partition coefficient (Wildman–Crippen LogP) is 2.41. The van der Waals surface area contributed by atoms with Crippen LogP contribution >= 0.6 is 0 Å². The number of nitrogens with zero attached hydrogens (tertiary/aromatic N) is 4. The molecule has 3 heterocycles. The highest BCUT2D eigenvalue weighted by molar-refractivity contribution is 5.87. The Morgan fingerprint density at radius 1 is 1.34 bits per heavy atom. The first-order valence-electron chi connectivity index (χ1n) is 11.2. The quantitative estimate of drug-likeness (QED) is 0.616. The van der Waals surface area contributed by atoms with Gasteiger partial charge in [0.15, 0.2) is 0 Å². The van der Waals surface area contributed by atoms with Crippen molar-refractivity contribution >= 4 is 17.4 Å². The topological polar surface area (TPSA) is 84.6 Å². The molecule has 0 unspecified atom stereocenters. The van der Waals surface area contributed by atoms with Crippen LogP contribution in [0.1, 0.15) is 19.8 Å². The van der Waals surface area contributed by atoms with E-state index in [1.165, 1.54) is 0 Å². The minimum Gasteiger partial charge on any atom is -0.373 e. The summed E-state index contributed by atoms with van der Waals surface area (Å²) in [6.45, 7) is 4.83. The zero-order chi connectivity index (χ0) is 23.1. The number of anilines is 2. The average molecular weight is 439 g/mol. The lowest BCUT2D eigenvalue weighted by atomic mass is 10.0. The lowest BCUT2D eigenvalue weighted by Crippen LogP contribution is -2.50. The zero-order valence-corrected chi connectivity index (χ0v) is 19.5. The van der Waals surface area contributed by atoms with Gasteiger partial charge in [-0.25, -0.2) is 4.98 Å². The number of amides is 1. The second kappa shape index (κ2) is 10.9. The van der Waals surface area contributed by atoms with E-state index in [2.05, 4.69) is 27.1 Å². The van der Waals surface area contributed by atoms with Crippen molar-refractivity contribution in [1.29, 1.82) is 0 Å². The molecule has 1 aliphatic heterocycles. The van der Waals surface area contributed by atoms with E-state index in [0.717, 1.165) is 42.9 Å². The summed E-state index contributed by atoms with van der Waals surface area (Å²) in [6, 6.07) is 5.92. The molecular formula is C24H34N6O2. The number of carbonyl (C=O) groups is 1. The molecule has 32 heavy (non-hydrogen) atoms. The molecule has 2 aromatic heterocycles. The number of piperidine rings is 1. The fourth-order valence-electron chi connectivity index (χ4n) is 4.10. The molecule has 1 atom stereocenters. The van der Waals surface area contributed by atoms with Crippen molar-refractivity contribution in [2.45, 2.75) is 25.8 Å². The number of rotatable bonds is 8. The minimum atomic E-state index is -0.118. The molecule has 3 rings (SSSR count). The molecule has 0 aliphatic carbocycles. The maximum atomic E-state index is 12.8. The molecule has 1 amide bonds. The SMILES string of the molecule is CCN(c1cc(-c2ccnc(NC)c2)c[nH]c1=O)[C@@H]1CCCN(C(=O)/C=C/CN(C)C)C1. The van der Waals surface area contributed by atoms with Crippen LogP contribution in [0.4, 0.5) is 11.5 Å². The van der Waals surface area contributed by atoms with Crippen molar-refractivity contribution in [3.8, 4) is 11.1 Å². The number of nitrogens with one attached hydrogen (secondary N) is 2. The van der Waals surface area contributed by atoms with Crippen molar-refractivity contribution in [3.63, 3.8) is 0 Å². The minimum absolute atomic E-state index is 0.0339. The summed E-state index contributed by atoms with van der Waals surface area (Å²) in [7, 11) is 5.78. The number of H-pyrrole nitrogens is 1. The van der Waals surface area contributed by atoms with Crippen LogP contribution < -0.4 is 15.8 Å². The fraction of sp³-hybridized carbons (Fsp3) is 0.458. The van der Waals surface area contributed by atoms with Gasteiger partial charge in [-0.1, -0.05) is 6.08 Å². The molecule has 0 spiro atoms. The molecule has 8 heteroatoms. The third-order valence-corrected chi connectivity index (χ3v) is 5.76. The number of likely N-dealkylation sites (N-methyl/N-ethyl adjacent to an activating group) is 2. The summed E-state index contributed by atoms with van der Waals surface area (Å²) in [6.07, 6.45) is 8.91. The van der Waals surface area contributed by atoms with Crippen LogP contribution in [0, 0.1) is 0 Å². The lowest BCUT2D eigenvalue weighted by Gasteiger charge is -2.39. The van der Waals surface area contributed by atoms with Gasteiger partial charge in [0, 0.05) is 63.3 Å². The second-order valence-electron chi connectivity index (χ2n) is 8.31. The van der Waals surface area contributed by atoms with Crippen LogP contribution in [-0.4, -0.2) is 79.0 Å². The zero-order valence-electron chi connectivity index (χ0n) is 19.5. The van der Waals surface area contributed by atoms with Crippen molar-refractivity contribution in [1.82, 2.24) is 19.8 Å². The van der Waals surface area contributed by atoms with E-state index in [-0.39, 0.29) is 17.5 Å². The number of carbonyl (C=O) groups excluding carboxylic acids is 1. The molecular weight excluding hydrogens is 404 g/mol. The van der Waals surface area contributed by atoms with Crippen molar-refractivity contribution in [3.05, 3.63) is 53.1 Å². The first kappa shape index (κ1) is 23.5. The molecule has 0 aromatic carbocycles. The molecule has 1 aliphatic rings. The van der Waals surface area contributed by atoms with Gasteiger partial charge in [0.25, 0.3) is 5.56 Å². The number of pyridine rings is 2. The Balaban J connectivity index is 1.82. The van der Waals surface area contributed by atoms with Crippen LogP contribution in [-0.2, 0) is 4.79 Å². The molecule has 0 bridgehead atoms. The Kier molecular flexibility index (Phi) is 8.05. The first-order chi connectivity index (χ1) is 15.4. The molecule has 1 fully saturated rings. The second-order valence-corrected chi connectivity index (χ2v) is 8.31. The summed E-state index contributed by atoms with van der Waals surface area (Å²) in [5, 5.41) is 3.05. The third kappa shape index (κ3) is 5.76. The van der Waals surface area contributed by atoms with Gasteiger partial charge in [-0.2, -0.15) is 0 Å². The monoisotopic (exact) mass is 438 g/mol. The molecule has 0 radical (unpaired) electrons. The Bertz CT molecular complexity index is 1000. The number of likely N-dealkylation sites (tertiary alicyclic amines) is 1. The van der Waals surface area contributed by atoms with E-state index >= 15 is 0 Å². The number of hydrogen-bond acceptors (Lipinski definition) is 6. The Morgan fingerprint density at radius 2 is 2.16 bits per heavy atom. The van der Waals surface area contributed by atoms with Crippen molar-refractivity contribution in [2.75, 3.05) is 57.5 Å². The van der Waals surface area contributed by atoms with Gasteiger partial charge in [-0.15, -0.1) is 0 Å². The van der Waals surface area contributed by atoms with Gasteiger partial charge in [-0.05, 0) is 57.6 Å². The van der Waals surface area contributed by atoms with Gasteiger partial charge in [0.05, 0.1) is 0 Å². The van der Waals surface area contributed by atoms with E-state index in [1.807, 2.05) is 55.2 Å². The molecule has 2 aromatic rings. The smallest absolute Gasteiger partial charge is 0.271 e. The number of aromatic amines is 1. The predicted molar refractivity (Wildman–Crippen MR) is 130 cm³/mol. The van der Waals surface area contributed by atoms with Gasteiger partial charge in [-0.3, -0.25) is 9.59 Å². The number of aromatic nitrogens is 2. The highest BCUT2D eigenvalue weighted by Crippen LogP contribution is 2.26. The molecule has 2 N–H and O–H groups in total. The van der Waals surface area contributed by atoms with Gasteiger partial charge >= 0.3 is 0 Å². The van der Waals surface area contributed by atoms with E-state index in [9.17, 15) is 9.59 Å². The first-order valence-corrected chi connectivity index (χ1v) is 11.2. The van der Waals surface area contributed by atoms with Crippen LogP contribution in [0.3, 0.4) is 0 Å². The van der Waals surface area contributed by atoms with Gasteiger partial charge < -0.3 is 25.0 Å². The summed E-state index contributed by atoms with van der Waals surface area (Å²) < 4.78 is 0. The Labute approximate surface area is 189 Å². The van der Waals surface area contributed by atoms with Crippen LogP contribution in [0.2, 0.25) is 0 Å². The molecule has 172 valence electrons. The summed E-state index contributed by atoms with van der Waals surface area (Å²) in [5.74, 6) is 0.804. The summed E-state index contributed by atoms with van der Waals surface area (Å²) in [4.78, 5) is 38.6. The largest absolute Gasteiger partial charge is 0.373 e. The van der Waals surface area contributed by atoms with E-state index in [4.69, 9.17) is 0 Å². The Hall–Kier alpha value is -3.13. The normalized spacial score (nSPS) is 16.5. The Morgan fingerprint density at radius 3 is 2.88 bits per heavy atom. The maximum absolute atomic E-state index is 12.8. The highest BCUT2D eigenvalue weighted by Gasteiger charge is 2.28. The lowest BCUT2D eigenvalue weighted by molar-refractivity contribution is -0.127. The summed E-state index contributed by atoms with van der Waals surface area (Å²) in [5.41, 5.74) is 2.42. The van der Waals surface area contributed by atoms with Crippen LogP contribution in [0.15, 0.2) is 47.5 Å². The average Bonchev–Trinajstić information content (AvgIpc) is 2.80. The highest BCUT2D eigenvalue weighted by atomic mass is 16.2. The third-order valence-electron chi connectivity index (χ3n) is 5.76. The number of hydrogen-bond donors (Lipinski definition) is 2. The van der Waals surface area contributed by atoms with E-state index in [0.29, 0.717) is 18.8 Å².